The number of ether oxygens (including phenoxy) is 1. The van der Waals surface area contributed by atoms with Gasteiger partial charge in [0.1, 0.15) is 17.7 Å². The molecule has 0 aliphatic heterocycles. The van der Waals surface area contributed by atoms with Crippen molar-refractivity contribution >= 4 is 15.9 Å². The Hall–Kier alpha value is -0.610. The van der Waals surface area contributed by atoms with Crippen LogP contribution in [0.5, 0.6) is 5.75 Å². The van der Waals surface area contributed by atoms with E-state index in [-0.39, 0.29) is 11.9 Å². The zero-order valence-electron chi connectivity index (χ0n) is 8.12. The number of hydrogen-bond donors (Lipinski definition) is 1. The second-order valence-electron chi connectivity index (χ2n) is 3.73. The summed E-state index contributed by atoms with van der Waals surface area (Å²) in [5, 5.41) is 9.56. The molecule has 2 atom stereocenters. The van der Waals surface area contributed by atoms with Gasteiger partial charge in [-0.2, -0.15) is 0 Å². The highest BCUT2D eigenvalue weighted by Crippen LogP contribution is 2.27. The van der Waals surface area contributed by atoms with Crippen LogP contribution in [0.4, 0.5) is 4.39 Å². The lowest BCUT2D eigenvalue weighted by atomic mass is 10.2. The predicted molar refractivity (Wildman–Crippen MR) is 58.4 cm³/mol. The van der Waals surface area contributed by atoms with Gasteiger partial charge in [-0.3, -0.25) is 0 Å². The summed E-state index contributed by atoms with van der Waals surface area (Å²) < 4.78 is 18.9. The first-order valence-corrected chi connectivity index (χ1v) is 5.76. The summed E-state index contributed by atoms with van der Waals surface area (Å²) >= 11 is 3.09. The van der Waals surface area contributed by atoms with E-state index >= 15 is 0 Å². The first-order chi connectivity index (χ1) is 7.16. The van der Waals surface area contributed by atoms with Crippen LogP contribution >= 0.6 is 15.9 Å². The van der Waals surface area contributed by atoms with Crippen molar-refractivity contribution in [2.45, 2.75) is 31.5 Å². The van der Waals surface area contributed by atoms with E-state index in [2.05, 4.69) is 15.9 Å². The Bertz CT molecular complexity index is 356. The number of halogens is 2. The van der Waals surface area contributed by atoms with E-state index < -0.39 is 6.10 Å². The zero-order valence-corrected chi connectivity index (χ0v) is 9.71. The van der Waals surface area contributed by atoms with E-state index in [4.69, 9.17) is 4.74 Å². The van der Waals surface area contributed by atoms with E-state index in [0.29, 0.717) is 10.2 Å². The van der Waals surface area contributed by atoms with Gasteiger partial charge in [0.2, 0.25) is 0 Å². The molecular formula is C11H12BrFO2. The molecule has 0 bridgehead atoms. The minimum absolute atomic E-state index is 0.151. The highest BCUT2D eigenvalue weighted by atomic mass is 79.9. The fraction of sp³-hybridized carbons (Fsp3) is 0.455. The van der Waals surface area contributed by atoms with Crippen molar-refractivity contribution in [2.24, 2.45) is 0 Å². The largest absolute Gasteiger partial charge is 0.488 e. The van der Waals surface area contributed by atoms with Gasteiger partial charge in [0.15, 0.2) is 0 Å². The number of aliphatic hydroxyl groups excluding tert-OH is 1. The van der Waals surface area contributed by atoms with Crippen LogP contribution in [0.1, 0.15) is 19.3 Å². The summed E-state index contributed by atoms with van der Waals surface area (Å²) in [6.45, 7) is 0. The fourth-order valence-electron chi connectivity index (χ4n) is 1.77. The van der Waals surface area contributed by atoms with E-state index in [1.165, 1.54) is 6.07 Å². The molecule has 4 heteroatoms. The first kappa shape index (κ1) is 10.9. The minimum atomic E-state index is -0.395. The molecule has 15 heavy (non-hydrogen) atoms. The van der Waals surface area contributed by atoms with Gasteiger partial charge in [-0.15, -0.1) is 0 Å². The fourth-order valence-corrected chi connectivity index (χ4v) is 2.13. The molecule has 2 rings (SSSR count). The highest BCUT2D eigenvalue weighted by Gasteiger charge is 2.26. The van der Waals surface area contributed by atoms with Crippen LogP contribution in [0.3, 0.4) is 0 Å². The summed E-state index contributed by atoms with van der Waals surface area (Å²) in [5.41, 5.74) is 0. The van der Waals surface area contributed by atoms with Crippen molar-refractivity contribution < 1.29 is 14.2 Å². The van der Waals surface area contributed by atoms with Gasteiger partial charge in [-0.1, -0.05) is 0 Å². The molecule has 82 valence electrons. The summed E-state index contributed by atoms with van der Waals surface area (Å²) in [6, 6.07) is 4.51. The van der Waals surface area contributed by atoms with Gasteiger partial charge < -0.3 is 9.84 Å². The summed E-state index contributed by atoms with van der Waals surface area (Å²) in [7, 11) is 0. The molecule has 2 nitrogen and oxygen atoms in total. The minimum Gasteiger partial charge on any atom is -0.488 e. The molecule has 1 aromatic rings. The molecule has 1 aliphatic carbocycles. The van der Waals surface area contributed by atoms with Gasteiger partial charge in [-0.05, 0) is 53.4 Å². The summed E-state index contributed by atoms with van der Waals surface area (Å²) in [6.07, 6.45) is 2.08. The highest BCUT2D eigenvalue weighted by molar-refractivity contribution is 9.10. The molecule has 0 spiro atoms. The van der Waals surface area contributed by atoms with Crippen LogP contribution in [0.15, 0.2) is 22.7 Å². The maximum atomic E-state index is 12.9. The maximum Gasteiger partial charge on any atom is 0.137 e. The van der Waals surface area contributed by atoms with Crippen molar-refractivity contribution in [1.29, 1.82) is 0 Å². The lowest BCUT2D eigenvalue weighted by molar-refractivity contribution is 0.0603. The number of rotatable bonds is 2. The second kappa shape index (κ2) is 4.49. The van der Waals surface area contributed by atoms with Crippen LogP contribution in [-0.2, 0) is 0 Å². The molecule has 1 aliphatic rings. The normalized spacial score (nSPS) is 25.5. The number of hydrogen-bond acceptors (Lipinski definition) is 2. The van der Waals surface area contributed by atoms with Crippen molar-refractivity contribution in [2.75, 3.05) is 0 Å². The number of benzene rings is 1. The summed E-state index contributed by atoms with van der Waals surface area (Å²) in [4.78, 5) is 0. The smallest absolute Gasteiger partial charge is 0.137 e. The molecule has 0 aromatic heterocycles. The third-order valence-electron chi connectivity index (χ3n) is 2.60. The molecule has 1 N–H and O–H groups in total. The van der Waals surface area contributed by atoms with Crippen molar-refractivity contribution in [1.82, 2.24) is 0 Å². The molecule has 0 radical (unpaired) electrons. The van der Waals surface area contributed by atoms with Gasteiger partial charge >= 0.3 is 0 Å². The molecule has 0 unspecified atom stereocenters. The third-order valence-corrected chi connectivity index (χ3v) is 3.20. The van der Waals surface area contributed by atoms with Crippen LogP contribution in [0.25, 0.3) is 0 Å². The van der Waals surface area contributed by atoms with Crippen LogP contribution in [-0.4, -0.2) is 17.3 Å². The monoisotopic (exact) mass is 274 g/mol. The van der Waals surface area contributed by atoms with Crippen molar-refractivity contribution in [3.8, 4) is 5.75 Å². The van der Waals surface area contributed by atoms with Gasteiger partial charge in [-0.25, -0.2) is 4.39 Å². The Morgan fingerprint density at radius 3 is 2.80 bits per heavy atom. The lowest BCUT2D eigenvalue weighted by Crippen LogP contribution is -2.25. The Kier molecular flexibility index (Phi) is 3.26. The van der Waals surface area contributed by atoms with Gasteiger partial charge in [0.25, 0.3) is 0 Å². The average molecular weight is 275 g/mol. The standard InChI is InChI=1S/C11H12BrFO2/c12-8-6-7(4-5-9(8)13)15-11-3-1-2-10(11)14/h4-6,10-11,14H,1-3H2/t10-,11-/m1/s1. The summed E-state index contributed by atoms with van der Waals surface area (Å²) in [5.74, 6) is 0.281. The topological polar surface area (TPSA) is 29.5 Å². The molecule has 0 amide bonds. The third kappa shape index (κ3) is 2.49. The quantitative estimate of drug-likeness (QED) is 0.899. The molecular weight excluding hydrogens is 263 g/mol. The molecule has 0 saturated heterocycles. The van der Waals surface area contributed by atoms with Gasteiger partial charge in [0.05, 0.1) is 10.6 Å². The maximum absolute atomic E-state index is 12.9. The SMILES string of the molecule is O[C@@H]1CCC[C@H]1Oc1ccc(F)c(Br)c1. The average Bonchev–Trinajstić information content (AvgIpc) is 2.59. The Morgan fingerprint density at radius 2 is 2.20 bits per heavy atom. The van der Waals surface area contributed by atoms with E-state index in [1.54, 1.807) is 12.1 Å². The predicted octanol–water partition coefficient (Wildman–Crippen LogP) is 2.88. The first-order valence-electron chi connectivity index (χ1n) is 4.96. The molecule has 1 aromatic carbocycles. The second-order valence-corrected chi connectivity index (χ2v) is 4.58. The lowest BCUT2D eigenvalue weighted by Gasteiger charge is -2.17. The Balaban J connectivity index is 2.07. The molecule has 1 fully saturated rings. The van der Waals surface area contributed by atoms with Crippen molar-refractivity contribution in [3.63, 3.8) is 0 Å². The van der Waals surface area contributed by atoms with Crippen LogP contribution in [0, 0.1) is 5.82 Å². The van der Waals surface area contributed by atoms with E-state index in [9.17, 15) is 9.50 Å². The number of aliphatic hydroxyl groups is 1. The van der Waals surface area contributed by atoms with Crippen LogP contribution in [0.2, 0.25) is 0 Å². The Labute approximate surface area is 96.2 Å². The van der Waals surface area contributed by atoms with Gasteiger partial charge in [0, 0.05) is 0 Å². The van der Waals surface area contributed by atoms with Crippen LogP contribution < -0.4 is 4.74 Å². The Morgan fingerprint density at radius 1 is 1.40 bits per heavy atom. The van der Waals surface area contributed by atoms with E-state index in [1.807, 2.05) is 0 Å². The molecule has 1 saturated carbocycles. The molecule has 0 heterocycles. The van der Waals surface area contributed by atoms with E-state index in [0.717, 1.165) is 19.3 Å². The van der Waals surface area contributed by atoms with Crippen molar-refractivity contribution in [3.05, 3.63) is 28.5 Å². The zero-order chi connectivity index (χ0) is 10.8.